The molecule has 1 saturated carbocycles. The van der Waals surface area contributed by atoms with Crippen LogP contribution in [0.1, 0.15) is 19.4 Å². The Labute approximate surface area is 155 Å². The molecule has 0 spiro atoms. The number of allylic oxidation sites excluding steroid dienone is 2. The van der Waals surface area contributed by atoms with E-state index in [0.717, 1.165) is 7.11 Å². The quantitative estimate of drug-likeness (QED) is 0.402. The molecule has 0 aromatic carbocycles. The number of halogens is 7. The Morgan fingerprint density at radius 3 is 2.37 bits per heavy atom. The van der Waals surface area contributed by atoms with Crippen molar-refractivity contribution in [2.75, 3.05) is 7.11 Å². The summed E-state index contributed by atoms with van der Waals surface area (Å²) in [6, 6.07) is 0. The van der Waals surface area contributed by atoms with Crippen molar-refractivity contribution < 1.29 is 40.6 Å². The van der Waals surface area contributed by atoms with Crippen LogP contribution in [-0.2, 0) is 16.1 Å². The molecule has 0 N–H and O–H groups in total. The standard InChI is InChI=1S/C16H14ClF6NO3/c1-15(2)7(4-8(17)16(21,22)23)9(15)14(25)27-5-6-10(18)12(20)24-13(26-3)11(6)19/h4,7,9H,5H2,1-3H3/t7-,9-/m1/s1. The molecule has 2 atom stereocenters. The van der Waals surface area contributed by atoms with Crippen LogP contribution >= 0.6 is 11.6 Å². The molecule has 0 radical (unpaired) electrons. The molecule has 1 aliphatic rings. The number of ether oxygens (including phenoxy) is 2. The van der Waals surface area contributed by atoms with Gasteiger partial charge in [-0.2, -0.15) is 22.5 Å². The highest BCUT2D eigenvalue weighted by atomic mass is 35.5. The molecule has 1 aliphatic carbocycles. The molecule has 1 aromatic heterocycles. The van der Waals surface area contributed by atoms with Gasteiger partial charge >= 0.3 is 12.1 Å². The van der Waals surface area contributed by atoms with Crippen molar-refractivity contribution in [3.8, 4) is 5.88 Å². The van der Waals surface area contributed by atoms with Gasteiger partial charge in [-0.25, -0.2) is 8.78 Å². The van der Waals surface area contributed by atoms with E-state index in [1.54, 1.807) is 0 Å². The van der Waals surface area contributed by atoms with E-state index >= 15 is 0 Å². The summed E-state index contributed by atoms with van der Waals surface area (Å²) >= 11 is 5.18. The smallest absolute Gasteiger partial charge is 0.426 e. The lowest BCUT2D eigenvalue weighted by Gasteiger charge is -2.10. The summed E-state index contributed by atoms with van der Waals surface area (Å²) in [4.78, 5) is 15.0. The number of esters is 1. The van der Waals surface area contributed by atoms with E-state index < -0.39 is 70.1 Å². The monoisotopic (exact) mass is 417 g/mol. The number of aromatic nitrogens is 1. The first-order valence-electron chi connectivity index (χ1n) is 7.50. The summed E-state index contributed by atoms with van der Waals surface area (Å²) < 4.78 is 87.8. The number of rotatable bonds is 5. The molecule has 2 rings (SSSR count). The maximum absolute atomic E-state index is 14.0. The average Bonchev–Trinajstić information content (AvgIpc) is 3.10. The molecule has 150 valence electrons. The number of carbonyl (C=O) groups is 1. The van der Waals surface area contributed by atoms with E-state index in [2.05, 4.69) is 9.72 Å². The summed E-state index contributed by atoms with van der Waals surface area (Å²) in [6.45, 7) is 2.04. The van der Waals surface area contributed by atoms with Gasteiger partial charge in [0.15, 0.2) is 11.6 Å². The van der Waals surface area contributed by atoms with Crippen LogP contribution in [-0.4, -0.2) is 24.2 Å². The van der Waals surface area contributed by atoms with Crippen LogP contribution < -0.4 is 4.74 Å². The van der Waals surface area contributed by atoms with Crippen LogP contribution in [0.2, 0.25) is 0 Å². The lowest BCUT2D eigenvalue weighted by molar-refractivity contribution is -0.147. The summed E-state index contributed by atoms with van der Waals surface area (Å²) in [5, 5.41) is -1.38. The predicted molar refractivity (Wildman–Crippen MR) is 81.2 cm³/mol. The number of carbonyl (C=O) groups excluding carboxylic acids is 1. The number of alkyl halides is 3. The van der Waals surface area contributed by atoms with Crippen LogP contribution in [0, 0.1) is 34.8 Å². The van der Waals surface area contributed by atoms with Crippen LogP contribution in [0.4, 0.5) is 26.3 Å². The summed E-state index contributed by atoms with van der Waals surface area (Å²) in [5.41, 5.74) is -1.83. The van der Waals surface area contributed by atoms with Gasteiger partial charge < -0.3 is 9.47 Å². The van der Waals surface area contributed by atoms with Crippen molar-refractivity contribution in [1.29, 1.82) is 0 Å². The summed E-state index contributed by atoms with van der Waals surface area (Å²) in [7, 11) is 0.979. The van der Waals surface area contributed by atoms with Gasteiger partial charge in [0.25, 0.3) is 11.8 Å². The average molecular weight is 418 g/mol. The number of methoxy groups -OCH3 is 1. The highest BCUT2D eigenvalue weighted by molar-refractivity contribution is 6.30. The molecule has 4 nitrogen and oxygen atoms in total. The van der Waals surface area contributed by atoms with Gasteiger partial charge in [0.2, 0.25) is 0 Å². The third kappa shape index (κ3) is 4.15. The van der Waals surface area contributed by atoms with Gasteiger partial charge in [0, 0.05) is 0 Å². The molecular formula is C16H14ClF6NO3. The fraction of sp³-hybridized carbons (Fsp3) is 0.500. The lowest BCUT2D eigenvalue weighted by Crippen LogP contribution is -2.14. The van der Waals surface area contributed by atoms with Crippen molar-refractivity contribution in [1.82, 2.24) is 4.98 Å². The Hall–Kier alpha value is -1.97. The zero-order valence-corrected chi connectivity index (χ0v) is 15.0. The SMILES string of the molecule is COc1nc(F)c(F)c(COC(=O)[C@H]2[C@@H](C=C(Cl)C(F)(F)F)C2(C)C)c1F. The van der Waals surface area contributed by atoms with E-state index in [-0.39, 0.29) is 0 Å². The van der Waals surface area contributed by atoms with Gasteiger partial charge in [-0.15, -0.1) is 0 Å². The van der Waals surface area contributed by atoms with Crippen LogP contribution in [0.15, 0.2) is 11.1 Å². The van der Waals surface area contributed by atoms with Gasteiger partial charge in [-0.3, -0.25) is 4.79 Å². The zero-order chi connectivity index (χ0) is 20.7. The first-order valence-corrected chi connectivity index (χ1v) is 7.88. The minimum atomic E-state index is -4.76. The molecule has 0 aliphatic heterocycles. The van der Waals surface area contributed by atoms with E-state index in [0.29, 0.717) is 6.08 Å². The molecule has 27 heavy (non-hydrogen) atoms. The second kappa shape index (κ2) is 7.21. The van der Waals surface area contributed by atoms with Gasteiger partial charge in [0.1, 0.15) is 11.6 Å². The Kier molecular flexibility index (Phi) is 5.70. The Bertz CT molecular complexity index is 793. The Morgan fingerprint density at radius 2 is 1.85 bits per heavy atom. The zero-order valence-electron chi connectivity index (χ0n) is 14.3. The fourth-order valence-corrected chi connectivity index (χ4v) is 2.86. The number of hydrogen-bond donors (Lipinski definition) is 0. The Balaban J connectivity index is 2.15. The van der Waals surface area contributed by atoms with Crippen LogP contribution in [0.25, 0.3) is 0 Å². The van der Waals surface area contributed by atoms with Gasteiger partial charge in [-0.05, 0) is 11.3 Å². The molecule has 0 bridgehead atoms. The highest BCUT2D eigenvalue weighted by Crippen LogP contribution is 2.60. The van der Waals surface area contributed by atoms with Gasteiger partial charge in [-0.1, -0.05) is 31.5 Å². The van der Waals surface area contributed by atoms with Crippen LogP contribution in [0.5, 0.6) is 5.88 Å². The number of hydrogen-bond acceptors (Lipinski definition) is 4. The highest BCUT2D eigenvalue weighted by Gasteiger charge is 2.62. The maximum Gasteiger partial charge on any atom is 0.426 e. The van der Waals surface area contributed by atoms with E-state index in [4.69, 9.17) is 16.3 Å². The normalized spacial score (nSPS) is 21.8. The predicted octanol–water partition coefficient (Wildman–Crippen LogP) is 4.51. The van der Waals surface area contributed by atoms with Crippen molar-refractivity contribution >= 4 is 17.6 Å². The third-order valence-corrected chi connectivity index (χ3v) is 4.75. The molecule has 11 heteroatoms. The second-order valence-electron chi connectivity index (χ2n) is 6.46. The molecule has 1 fully saturated rings. The fourth-order valence-electron chi connectivity index (χ4n) is 2.72. The Morgan fingerprint density at radius 1 is 1.26 bits per heavy atom. The molecule has 0 amide bonds. The molecule has 0 unspecified atom stereocenters. The first kappa shape index (κ1) is 21.3. The van der Waals surface area contributed by atoms with Crippen molar-refractivity contribution in [2.45, 2.75) is 26.6 Å². The number of nitrogens with zero attached hydrogens (tertiary/aromatic N) is 1. The largest absolute Gasteiger partial charge is 0.479 e. The van der Waals surface area contributed by atoms with Gasteiger partial charge in [0.05, 0.1) is 18.6 Å². The molecule has 1 heterocycles. The number of pyridine rings is 1. The minimum absolute atomic E-state index is 0.698. The van der Waals surface area contributed by atoms with Crippen molar-refractivity contribution in [3.05, 3.63) is 34.3 Å². The van der Waals surface area contributed by atoms with E-state index in [1.807, 2.05) is 0 Å². The van der Waals surface area contributed by atoms with E-state index in [1.165, 1.54) is 13.8 Å². The second-order valence-corrected chi connectivity index (χ2v) is 6.87. The summed E-state index contributed by atoms with van der Waals surface area (Å²) in [6.07, 6.45) is -4.06. The molecule has 0 saturated heterocycles. The molecular weight excluding hydrogens is 404 g/mol. The first-order chi connectivity index (χ1) is 12.3. The maximum atomic E-state index is 14.0. The topological polar surface area (TPSA) is 48.4 Å². The summed E-state index contributed by atoms with van der Waals surface area (Å²) in [5.74, 6) is -8.37. The lowest BCUT2D eigenvalue weighted by atomic mass is 10.1. The minimum Gasteiger partial charge on any atom is -0.479 e. The van der Waals surface area contributed by atoms with Crippen LogP contribution in [0.3, 0.4) is 0 Å². The van der Waals surface area contributed by atoms with Crippen molar-refractivity contribution in [3.63, 3.8) is 0 Å². The molecule has 1 aromatic rings. The van der Waals surface area contributed by atoms with E-state index in [9.17, 15) is 31.1 Å². The third-order valence-electron chi connectivity index (χ3n) is 4.41. The van der Waals surface area contributed by atoms with Crippen molar-refractivity contribution in [2.24, 2.45) is 17.3 Å².